The maximum absolute atomic E-state index is 11.7. The van der Waals surface area contributed by atoms with E-state index in [0.717, 1.165) is 10.4 Å². The van der Waals surface area contributed by atoms with Crippen molar-refractivity contribution in [2.75, 3.05) is 5.32 Å². The molecule has 0 radical (unpaired) electrons. The molecule has 0 unspecified atom stereocenters. The van der Waals surface area contributed by atoms with E-state index in [4.69, 9.17) is 4.74 Å². The molecule has 0 aliphatic carbocycles. The van der Waals surface area contributed by atoms with Crippen molar-refractivity contribution in [3.05, 3.63) is 57.0 Å². The third-order valence-electron chi connectivity index (χ3n) is 3.05. The molecule has 0 aliphatic rings. The van der Waals surface area contributed by atoms with Crippen LogP contribution < -0.4 is 10.6 Å². The molecule has 1 aromatic heterocycles. The molecule has 0 bridgehead atoms. The van der Waals surface area contributed by atoms with E-state index < -0.39 is 11.7 Å². The second-order valence-corrected chi connectivity index (χ2v) is 7.57. The maximum Gasteiger partial charge on any atom is 0.412 e. The molecule has 8 heteroatoms. The number of anilines is 1. The van der Waals surface area contributed by atoms with Crippen LogP contribution >= 0.6 is 11.3 Å². The first-order valence-electron chi connectivity index (χ1n) is 7.76. The highest BCUT2D eigenvalue weighted by atomic mass is 32.1. The number of nitrogens with zero attached hydrogens (tertiary/aromatic N) is 1. The second kappa shape index (κ2) is 8.09. The molecular weight excluding hydrogens is 342 g/mol. The van der Waals surface area contributed by atoms with E-state index >= 15 is 0 Å². The molecule has 0 saturated carbocycles. The Hall–Kier alpha value is -2.45. The molecule has 2 rings (SSSR count). The van der Waals surface area contributed by atoms with Gasteiger partial charge in [-0.15, -0.1) is 0 Å². The molecule has 25 heavy (non-hydrogen) atoms. The van der Waals surface area contributed by atoms with E-state index in [-0.39, 0.29) is 9.92 Å². The van der Waals surface area contributed by atoms with Gasteiger partial charge in [-0.25, -0.2) is 4.79 Å². The van der Waals surface area contributed by atoms with E-state index in [1.165, 1.54) is 17.4 Å². The molecule has 0 fully saturated rings. The molecule has 7 nitrogen and oxygen atoms in total. The molecule has 134 valence electrons. The van der Waals surface area contributed by atoms with Crippen LogP contribution in [0.4, 0.5) is 15.5 Å². The predicted octanol–water partition coefficient (Wildman–Crippen LogP) is 4.29. The number of thiophene rings is 1. The smallest absolute Gasteiger partial charge is 0.412 e. The summed E-state index contributed by atoms with van der Waals surface area (Å²) in [6.45, 7) is 6.62. The lowest BCUT2D eigenvalue weighted by Gasteiger charge is -2.19. The lowest BCUT2D eigenvalue weighted by Crippen LogP contribution is -2.27. The number of hydrogen-bond donors (Lipinski definition) is 2. The van der Waals surface area contributed by atoms with E-state index in [9.17, 15) is 14.9 Å². The Bertz CT molecular complexity index is 735. The van der Waals surface area contributed by atoms with Crippen molar-refractivity contribution in [3.63, 3.8) is 0 Å². The van der Waals surface area contributed by atoms with Crippen LogP contribution in [-0.2, 0) is 17.8 Å². The molecule has 2 aromatic rings. The molecular formula is C17H21N3O4S. The first kappa shape index (κ1) is 18.9. The van der Waals surface area contributed by atoms with Gasteiger partial charge in [-0.1, -0.05) is 23.5 Å². The Balaban J connectivity index is 1.79. The number of amides is 1. The summed E-state index contributed by atoms with van der Waals surface area (Å²) in [5, 5.41) is 16.7. The molecule has 0 spiro atoms. The molecule has 2 N–H and O–H groups in total. The summed E-state index contributed by atoms with van der Waals surface area (Å²) >= 11 is 1.17. The van der Waals surface area contributed by atoms with Gasteiger partial charge in [-0.3, -0.25) is 15.4 Å². The molecule has 1 aromatic carbocycles. The van der Waals surface area contributed by atoms with Crippen molar-refractivity contribution in [1.29, 1.82) is 0 Å². The summed E-state index contributed by atoms with van der Waals surface area (Å²) in [5.41, 5.74) is 1.16. The van der Waals surface area contributed by atoms with E-state index in [1.54, 1.807) is 18.2 Å². The summed E-state index contributed by atoms with van der Waals surface area (Å²) in [4.78, 5) is 22.9. The lowest BCUT2D eigenvalue weighted by molar-refractivity contribution is -0.380. The Morgan fingerprint density at radius 1 is 1.16 bits per heavy atom. The zero-order valence-corrected chi connectivity index (χ0v) is 15.2. The summed E-state index contributed by atoms with van der Waals surface area (Å²) in [7, 11) is 0. The van der Waals surface area contributed by atoms with Gasteiger partial charge in [0.2, 0.25) is 0 Å². The Morgan fingerprint density at radius 2 is 1.84 bits per heavy atom. The summed E-state index contributed by atoms with van der Waals surface area (Å²) in [6, 6.07) is 10.7. The van der Waals surface area contributed by atoms with Crippen LogP contribution in [-0.4, -0.2) is 16.6 Å². The van der Waals surface area contributed by atoms with Crippen LogP contribution in [0, 0.1) is 10.1 Å². The van der Waals surface area contributed by atoms with Crippen LogP contribution in [0.25, 0.3) is 0 Å². The zero-order chi connectivity index (χ0) is 18.4. The van der Waals surface area contributed by atoms with E-state index in [1.807, 2.05) is 32.9 Å². The number of hydrogen-bond acceptors (Lipinski definition) is 6. The fourth-order valence-corrected chi connectivity index (χ4v) is 2.81. The number of ether oxygens (including phenoxy) is 1. The van der Waals surface area contributed by atoms with Gasteiger partial charge in [-0.05, 0) is 44.5 Å². The van der Waals surface area contributed by atoms with E-state index in [2.05, 4.69) is 10.6 Å². The van der Waals surface area contributed by atoms with Crippen LogP contribution in [0.3, 0.4) is 0 Å². The van der Waals surface area contributed by atoms with Gasteiger partial charge < -0.3 is 10.1 Å². The van der Waals surface area contributed by atoms with E-state index in [0.29, 0.717) is 18.8 Å². The number of rotatable bonds is 6. The molecule has 0 atom stereocenters. The molecule has 1 heterocycles. The number of nitro groups is 1. The van der Waals surface area contributed by atoms with Gasteiger partial charge in [0.1, 0.15) is 5.60 Å². The highest BCUT2D eigenvalue weighted by Gasteiger charge is 2.16. The number of carbonyl (C=O) groups is 1. The molecule has 0 aliphatic heterocycles. The van der Waals surface area contributed by atoms with Crippen molar-refractivity contribution in [2.45, 2.75) is 39.5 Å². The zero-order valence-electron chi connectivity index (χ0n) is 14.4. The number of benzene rings is 1. The first-order chi connectivity index (χ1) is 11.7. The average Bonchev–Trinajstić information content (AvgIpc) is 2.96. The van der Waals surface area contributed by atoms with Gasteiger partial charge >= 0.3 is 11.1 Å². The topological polar surface area (TPSA) is 93.5 Å². The van der Waals surface area contributed by atoms with Crippen molar-refractivity contribution in [1.82, 2.24) is 5.32 Å². The van der Waals surface area contributed by atoms with Crippen LogP contribution in [0.5, 0.6) is 0 Å². The highest BCUT2D eigenvalue weighted by molar-refractivity contribution is 7.15. The number of nitrogens with one attached hydrogen (secondary N) is 2. The standard InChI is InChI=1S/C17H21N3O4S/c1-17(2,3)24-16(21)19-13-6-4-12(5-7-13)10-18-11-14-8-9-15(25-14)20(22)23/h4-9,18H,10-11H2,1-3H3,(H,19,21). The van der Waals surface area contributed by atoms with Gasteiger partial charge in [0, 0.05) is 29.7 Å². The quantitative estimate of drug-likeness (QED) is 0.590. The highest BCUT2D eigenvalue weighted by Crippen LogP contribution is 2.23. The van der Waals surface area contributed by atoms with Gasteiger partial charge in [0.25, 0.3) is 0 Å². The Labute approximate surface area is 150 Å². The third kappa shape index (κ3) is 6.52. The van der Waals surface area contributed by atoms with Crippen molar-refractivity contribution in [2.24, 2.45) is 0 Å². The lowest BCUT2D eigenvalue weighted by atomic mass is 10.2. The Morgan fingerprint density at radius 3 is 2.40 bits per heavy atom. The van der Waals surface area contributed by atoms with Gasteiger partial charge in [0.05, 0.1) is 4.92 Å². The number of carbonyl (C=O) groups excluding carboxylic acids is 1. The van der Waals surface area contributed by atoms with Crippen LogP contribution in [0.1, 0.15) is 31.2 Å². The summed E-state index contributed by atoms with van der Waals surface area (Å²) in [5.74, 6) is 0. The van der Waals surface area contributed by atoms with Crippen molar-refractivity contribution >= 4 is 28.1 Å². The Kier molecular flexibility index (Phi) is 6.11. The fraction of sp³-hybridized carbons (Fsp3) is 0.353. The molecule has 0 saturated heterocycles. The molecule has 1 amide bonds. The first-order valence-corrected chi connectivity index (χ1v) is 8.57. The van der Waals surface area contributed by atoms with Crippen LogP contribution in [0.15, 0.2) is 36.4 Å². The largest absolute Gasteiger partial charge is 0.444 e. The predicted molar refractivity (Wildman–Crippen MR) is 97.8 cm³/mol. The SMILES string of the molecule is CC(C)(C)OC(=O)Nc1ccc(CNCc2ccc([N+](=O)[O-])s2)cc1. The normalized spacial score (nSPS) is 11.2. The summed E-state index contributed by atoms with van der Waals surface area (Å²) < 4.78 is 5.20. The maximum atomic E-state index is 11.7. The second-order valence-electron chi connectivity index (χ2n) is 6.42. The van der Waals surface area contributed by atoms with Crippen molar-refractivity contribution < 1.29 is 14.5 Å². The minimum atomic E-state index is -0.537. The minimum Gasteiger partial charge on any atom is -0.444 e. The van der Waals surface area contributed by atoms with Gasteiger partial charge in [-0.2, -0.15) is 0 Å². The third-order valence-corrected chi connectivity index (χ3v) is 4.09. The minimum absolute atomic E-state index is 0.148. The summed E-state index contributed by atoms with van der Waals surface area (Å²) in [6.07, 6.45) is -0.488. The average molecular weight is 363 g/mol. The fourth-order valence-electron chi connectivity index (χ4n) is 2.02. The van der Waals surface area contributed by atoms with Gasteiger partial charge in [0.15, 0.2) is 0 Å². The van der Waals surface area contributed by atoms with Crippen LogP contribution in [0.2, 0.25) is 0 Å². The van der Waals surface area contributed by atoms with Crippen molar-refractivity contribution in [3.8, 4) is 0 Å². The monoisotopic (exact) mass is 363 g/mol.